The first-order valence-electron chi connectivity index (χ1n) is 4.43. The van der Waals surface area contributed by atoms with Crippen LogP contribution in [0.1, 0.15) is 26.2 Å². The molecule has 0 amide bonds. The quantitative estimate of drug-likeness (QED) is 0.602. The Morgan fingerprint density at radius 2 is 2.25 bits per heavy atom. The van der Waals surface area contributed by atoms with Gasteiger partial charge in [0.25, 0.3) is 0 Å². The van der Waals surface area contributed by atoms with Crippen molar-refractivity contribution in [2.75, 3.05) is 7.11 Å². The van der Waals surface area contributed by atoms with E-state index in [-0.39, 0.29) is 11.9 Å². The average molecular weight is 168 g/mol. The topological polar surface area (TPSA) is 26.3 Å². The molecule has 2 atom stereocenters. The standard InChI is InChI=1S/C10H16O2/c1-8(11)7-9-3-5-10(12-2)6-4-9/h3,5,9-10H,4,6-7H2,1-2H3/t9-,10-/m0/s1. The lowest BCUT2D eigenvalue weighted by molar-refractivity contribution is -0.117. The van der Waals surface area contributed by atoms with Crippen molar-refractivity contribution in [1.82, 2.24) is 0 Å². The molecule has 1 rings (SSSR count). The van der Waals surface area contributed by atoms with Crippen LogP contribution < -0.4 is 0 Å². The summed E-state index contributed by atoms with van der Waals surface area (Å²) in [6.07, 6.45) is 7.26. The molecule has 0 aromatic carbocycles. The maximum absolute atomic E-state index is 10.8. The van der Waals surface area contributed by atoms with Crippen LogP contribution in [0, 0.1) is 5.92 Å². The fraction of sp³-hybridized carbons (Fsp3) is 0.700. The van der Waals surface area contributed by atoms with Gasteiger partial charge in [0.2, 0.25) is 0 Å². The summed E-state index contributed by atoms with van der Waals surface area (Å²) in [5, 5.41) is 0. The Labute approximate surface area is 73.6 Å². The van der Waals surface area contributed by atoms with E-state index in [1.54, 1.807) is 14.0 Å². The predicted molar refractivity (Wildman–Crippen MR) is 48.0 cm³/mol. The zero-order valence-electron chi connectivity index (χ0n) is 7.75. The van der Waals surface area contributed by atoms with Crippen LogP contribution in [-0.2, 0) is 9.53 Å². The minimum Gasteiger partial charge on any atom is -0.377 e. The summed E-state index contributed by atoms with van der Waals surface area (Å²) in [7, 11) is 1.72. The highest BCUT2D eigenvalue weighted by molar-refractivity contribution is 5.75. The van der Waals surface area contributed by atoms with Gasteiger partial charge in [-0.25, -0.2) is 0 Å². The lowest BCUT2D eigenvalue weighted by atomic mass is 9.90. The number of Topliss-reactive ketones (excluding diaryl/α,β-unsaturated/α-hetero) is 1. The maximum Gasteiger partial charge on any atom is 0.130 e. The number of hydrogen-bond acceptors (Lipinski definition) is 2. The summed E-state index contributed by atoms with van der Waals surface area (Å²) >= 11 is 0. The molecule has 2 heteroatoms. The third-order valence-corrected chi connectivity index (χ3v) is 2.27. The van der Waals surface area contributed by atoms with Crippen molar-refractivity contribution in [3.05, 3.63) is 12.2 Å². The largest absolute Gasteiger partial charge is 0.377 e. The van der Waals surface area contributed by atoms with Crippen molar-refractivity contribution in [2.45, 2.75) is 32.3 Å². The second-order valence-electron chi connectivity index (χ2n) is 3.40. The van der Waals surface area contributed by atoms with Gasteiger partial charge in [-0.05, 0) is 25.7 Å². The summed E-state index contributed by atoms with van der Waals surface area (Å²) in [5.74, 6) is 0.731. The molecule has 1 aliphatic rings. The van der Waals surface area contributed by atoms with E-state index in [9.17, 15) is 4.79 Å². The van der Waals surface area contributed by atoms with E-state index >= 15 is 0 Å². The monoisotopic (exact) mass is 168 g/mol. The average Bonchev–Trinajstić information content (AvgIpc) is 2.05. The fourth-order valence-corrected chi connectivity index (χ4v) is 1.59. The van der Waals surface area contributed by atoms with Crippen LogP contribution in [0.25, 0.3) is 0 Å². The van der Waals surface area contributed by atoms with Crippen LogP contribution in [-0.4, -0.2) is 19.0 Å². The van der Waals surface area contributed by atoms with Crippen molar-refractivity contribution >= 4 is 5.78 Å². The number of hydrogen-bond donors (Lipinski definition) is 0. The molecule has 0 aromatic heterocycles. The van der Waals surface area contributed by atoms with Gasteiger partial charge in [0.1, 0.15) is 5.78 Å². The number of ketones is 1. The molecule has 0 radical (unpaired) electrons. The predicted octanol–water partition coefficient (Wildman–Crippen LogP) is 1.95. The maximum atomic E-state index is 10.8. The van der Waals surface area contributed by atoms with Crippen molar-refractivity contribution < 1.29 is 9.53 Å². The smallest absolute Gasteiger partial charge is 0.130 e. The van der Waals surface area contributed by atoms with Crippen LogP contribution in [0.4, 0.5) is 0 Å². The molecule has 0 heterocycles. The highest BCUT2D eigenvalue weighted by atomic mass is 16.5. The van der Waals surface area contributed by atoms with Gasteiger partial charge in [-0.1, -0.05) is 12.2 Å². The Morgan fingerprint density at radius 1 is 1.50 bits per heavy atom. The first kappa shape index (κ1) is 9.46. The molecular formula is C10H16O2. The fourth-order valence-electron chi connectivity index (χ4n) is 1.59. The van der Waals surface area contributed by atoms with Gasteiger partial charge in [-0.3, -0.25) is 0 Å². The normalized spacial score (nSPS) is 28.8. The minimum atomic E-state index is 0.271. The SMILES string of the molecule is CO[C@H]1C=C[C@H](CC(C)=O)CC1. The zero-order chi connectivity index (χ0) is 8.97. The van der Waals surface area contributed by atoms with E-state index in [4.69, 9.17) is 4.74 Å². The van der Waals surface area contributed by atoms with Crippen LogP contribution in [0.2, 0.25) is 0 Å². The van der Waals surface area contributed by atoms with E-state index < -0.39 is 0 Å². The Morgan fingerprint density at radius 3 is 2.67 bits per heavy atom. The molecule has 0 saturated heterocycles. The molecule has 0 saturated carbocycles. The number of carbonyl (C=O) groups excluding carboxylic acids is 1. The van der Waals surface area contributed by atoms with Gasteiger partial charge >= 0.3 is 0 Å². The molecule has 0 aliphatic heterocycles. The number of carbonyl (C=O) groups is 1. The molecule has 0 bridgehead atoms. The highest BCUT2D eigenvalue weighted by Crippen LogP contribution is 2.21. The van der Waals surface area contributed by atoms with Crippen LogP contribution in [0.15, 0.2) is 12.2 Å². The minimum absolute atomic E-state index is 0.271. The van der Waals surface area contributed by atoms with Crippen LogP contribution in [0.5, 0.6) is 0 Å². The summed E-state index contributed by atoms with van der Waals surface area (Å²) in [6.45, 7) is 1.65. The summed E-state index contributed by atoms with van der Waals surface area (Å²) < 4.78 is 5.17. The van der Waals surface area contributed by atoms with Crippen molar-refractivity contribution in [2.24, 2.45) is 5.92 Å². The van der Waals surface area contributed by atoms with Gasteiger partial charge in [0.15, 0.2) is 0 Å². The second kappa shape index (κ2) is 4.41. The van der Waals surface area contributed by atoms with E-state index in [1.165, 1.54) is 0 Å². The lowest BCUT2D eigenvalue weighted by Gasteiger charge is -2.20. The van der Waals surface area contributed by atoms with Crippen molar-refractivity contribution in [3.8, 4) is 0 Å². The number of rotatable bonds is 3. The second-order valence-corrected chi connectivity index (χ2v) is 3.40. The van der Waals surface area contributed by atoms with Crippen molar-refractivity contribution in [3.63, 3.8) is 0 Å². The third-order valence-electron chi connectivity index (χ3n) is 2.27. The van der Waals surface area contributed by atoms with Crippen LogP contribution >= 0.6 is 0 Å². The Hall–Kier alpha value is -0.630. The first-order valence-corrected chi connectivity index (χ1v) is 4.43. The van der Waals surface area contributed by atoms with Gasteiger partial charge in [-0.15, -0.1) is 0 Å². The molecule has 2 nitrogen and oxygen atoms in total. The Kier molecular flexibility index (Phi) is 3.48. The van der Waals surface area contributed by atoms with Gasteiger partial charge < -0.3 is 9.53 Å². The third kappa shape index (κ3) is 2.78. The summed E-state index contributed by atoms with van der Waals surface area (Å²) in [6, 6.07) is 0. The molecule has 1 aliphatic carbocycles. The molecule has 68 valence electrons. The molecule has 0 unspecified atom stereocenters. The molecule has 12 heavy (non-hydrogen) atoms. The summed E-state index contributed by atoms with van der Waals surface area (Å²) in [4.78, 5) is 10.8. The number of ether oxygens (including phenoxy) is 1. The number of allylic oxidation sites excluding steroid dienone is 1. The van der Waals surface area contributed by atoms with E-state index in [0.29, 0.717) is 12.3 Å². The van der Waals surface area contributed by atoms with Gasteiger partial charge in [0.05, 0.1) is 6.10 Å². The van der Waals surface area contributed by atoms with Crippen molar-refractivity contribution in [1.29, 1.82) is 0 Å². The van der Waals surface area contributed by atoms with E-state index in [2.05, 4.69) is 12.2 Å². The van der Waals surface area contributed by atoms with Gasteiger partial charge in [0, 0.05) is 13.5 Å². The molecule has 0 fully saturated rings. The van der Waals surface area contributed by atoms with Gasteiger partial charge in [-0.2, -0.15) is 0 Å². The molecule has 0 aromatic rings. The molecule has 0 N–H and O–H groups in total. The zero-order valence-corrected chi connectivity index (χ0v) is 7.75. The first-order chi connectivity index (χ1) is 5.72. The lowest BCUT2D eigenvalue weighted by Crippen LogP contribution is -2.16. The molecular weight excluding hydrogens is 152 g/mol. The van der Waals surface area contributed by atoms with E-state index in [1.807, 2.05) is 0 Å². The summed E-state index contributed by atoms with van der Waals surface area (Å²) in [5.41, 5.74) is 0. The molecule has 0 spiro atoms. The highest BCUT2D eigenvalue weighted by Gasteiger charge is 2.15. The number of methoxy groups -OCH3 is 1. The Bertz CT molecular complexity index is 184. The Balaban J connectivity index is 2.37. The van der Waals surface area contributed by atoms with Crippen LogP contribution in [0.3, 0.4) is 0 Å². The van der Waals surface area contributed by atoms with E-state index in [0.717, 1.165) is 12.8 Å².